The van der Waals surface area contributed by atoms with Crippen molar-refractivity contribution in [2.45, 2.75) is 56.8 Å². The van der Waals surface area contributed by atoms with E-state index in [0.29, 0.717) is 10.8 Å². The lowest BCUT2D eigenvalue weighted by molar-refractivity contribution is -0.157. The summed E-state index contributed by atoms with van der Waals surface area (Å²) in [7, 11) is 0. The molecule has 16 heavy (non-hydrogen) atoms. The van der Waals surface area contributed by atoms with E-state index < -0.39 is 0 Å². The zero-order valence-electron chi connectivity index (χ0n) is 10.5. The van der Waals surface area contributed by atoms with Crippen LogP contribution in [0.5, 0.6) is 0 Å². The summed E-state index contributed by atoms with van der Waals surface area (Å²) in [6, 6.07) is 0. The second-order valence-electron chi connectivity index (χ2n) is 4.56. The van der Waals surface area contributed by atoms with Gasteiger partial charge in [0.1, 0.15) is 5.60 Å². The van der Waals surface area contributed by atoms with Gasteiger partial charge in [0, 0.05) is 10.8 Å². The molecule has 2 atom stereocenters. The van der Waals surface area contributed by atoms with Gasteiger partial charge in [0.05, 0.1) is 0 Å². The molecular formula is C13H22O2S. The van der Waals surface area contributed by atoms with Crippen molar-refractivity contribution in [2.24, 2.45) is 0 Å². The monoisotopic (exact) mass is 242 g/mol. The molecule has 1 saturated carbocycles. The van der Waals surface area contributed by atoms with Crippen molar-refractivity contribution in [3.63, 3.8) is 0 Å². The van der Waals surface area contributed by atoms with E-state index >= 15 is 0 Å². The minimum atomic E-state index is -0.256. The first-order valence-electron chi connectivity index (χ1n) is 5.97. The van der Waals surface area contributed by atoms with Gasteiger partial charge in [0.2, 0.25) is 0 Å². The Kier molecular flexibility index (Phi) is 4.90. The number of hydrogen-bond acceptors (Lipinski definition) is 3. The standard InChI is InChI=1S/C13H22O2S/c1-5-13(15-12(14)10(2)3)9-7-6-8-11(13)16-4/h11H,2,5-9H2,1,3-4H3. The van der Waals surface area contributed by atoms with Gasteiger partial charge < -0.3 is 4.74 Å². The first-order valence-corrected chi connectivity index (χ1v) is 7.26. The molecule has 3 heteroatoms. The molecule has 0 N–H and O–H groups in total. The number of hydrogen-bond donors (Lipinski definition) is 0. The van der Waals surface area contributed by atoms with Crippen LogP contribution >= 0.6 is 11.8 Å². The van der Waals surface area contributed by atoms with Crippen molar-refractivity contribution < 1.29 is 9.53 Å². The topological polar surface area (TPSA) is 26.3 Å². The first kappa shape index (κ1) is 13.6. The van der Waals surface area contributed by atoms with Crippen molar-refractivity contribution in [1.29, 1.82) is 0 Å². The molecule has 0 aromatic rings. The predicted molar refractivity (Wildman–Crippen MR) is 69.7 cm³/mol. The van der Waals surface area contributed by atoms with Crippen LogP contribution in [0.2, 0.25) is 0 Å². The molecular weight excluding hydrogens is 220 g/mol. The van der Waals surface area contributed by atoms with E-state index in [9.17, 15) is 4.79 Å². The molecule has 1 aliphatic rings. The molecule has 1 rings (SSSR count). The molecule has 0 heterocycles. The summed E-state index contributed by atoms with van der Waals surface area (Å²) in [4.78, 5) is 11.7. The molecule has 0 aromatic heterocycles. The van der Waals surface area contributed by atoms with Crippen LogP contribution in [0.3, 0.4) is 0 Å². The van der Waals surface area contributed by atoms with Crippen molar-refractivity contribution >= 4 is 17.7 Å². The Balaban J connectivity index is 2.80. The van der Waals surface area contributed by atoms with Gasteiger partial charge in [-0.15, -0.1) is 0 Å². The largest absolute Gasteiger partial charge is 0.455 e. The Bertz CT molecular complexity index is 275. The highest BCUT2D eigenvalue weighted by atomic mass is 32.2. The molecule has 0 spiro atoms. The van der Waals surface area contributed by atoms with E-state index in [4.69, 9.17) is 4.74 Å². The van der Waals surface area contributed by atoms with E-state index in [1.165, 1.54) is 6.42 Å². The van der Waals surface area contributed by atoms with Gasteiger partial charge in [-0.1, -0.05) is 19.9 Å². The maximum absolute atomic E-state index is 11.7. The Morgan fingerprint density at radius 3 is 2.75 bits per heavy atom. The van der Waals surface area contributed by atoms with Gasteiger partial charge in [-0.3, -0.25) is 0 Å². The van der Waals surface area contributed by atoms with Crippen LogP contribution in [-0.4, -0.2) is 23.1 Å². The minimum absolute atomic E-state index is 0.234. The van der Waals surface area contributed by atoms with Crippen LogP contribution in [0.4, 0.5) is 0 Å². The number of rotatable bonds is 4. The van der Waals surface area contributed by atoms with Crippen molar-refractivity contribution in [3.8, 4) is 0 Å². The van der Waals surface area contributed by atoms with Crippen molar-refractivity contribution in [2.75, 3.05) is 6.26 Å². The van der Waals surface area contributed by atoms with E-state index in [1.807, 2.05) is 11.8 Å². The first-order chi connectivity index (χ1) is 7.55. The number of esters is 1. The summed E-state index contributed by atoms with van der Waals surface area (Å²) in [6.07, 6.45) is 7.56. The normalized spacial score (nSPS) is 29.8. The molecule has 92 valence electrons. The van der Waals surface area contributed by atoms with Crippen LogP contribution in [0.25, 0.3) is 0 Å². The van der Waals surface area contributed by atoms with Gasteiger partial charge in [-0.2, -0.15) is 11.8 Å². The van der Waals surface area contributed by atoms with Gasteiger partial charge >= 0.3 is 5.97 Å². The predicted octanol–water partition coefficient (Wildman–Crippen LogP) is 3.56. The molecule has 0 radical (unpaired) electrons. The summed E-state index contributed by atoms with van der Waals surface area (Å²) in [6.45, 7) is 7.48. The molecule has 2 unspecified atom stereocenters. The summed E-state index contributed by atoms with van der Waals surface area (Å²) in [5, 5.41) is 0.439. The molecule has 0 saturated heterocycles. The summed E-state index contributed by atoms with van der Waals surface area (Å²) >= 11 is 1.82. The second kappa shape index (κ2) is 5.76. The fourth-order valence-electron chi connectivity index (χ4n) is 2.38. The highest BCUT2D eigenvalue weighted by molar-refractivity contribution is 7.99. The number of ether oxygens (including phenoxy) is 1. The highest BCUT2D eigenvalue weighted by Gasteiger charge is 2.42. The van der Waals surface area contributed by atoms with Crippen LogP contribution in [0, 0.1) is 0 Å². The molecule has 2 nitrogen and oxygen atoms in total. The lowest BCUT2D eigenvalue weighted by Gasteiger charge is -2.42. The van der Waals surface area contributed by atoms with Gasteiger partial charge in [-0.25, -0.2) is 4.79 Å². The Hall–Kier alpha value is -0.440. The maximum atomic E-state index is 11.7. The molecule has 0 amide bonds. The van der Waals surface area contributed by atoms with Crippen LogP contribution in [0.15, 0.2) is 12.2 Å². The third kappa shape index (κ3) is 2.82. The lowest BCUT2D eigenvalue weighted by Crippen LogP contribution is -2.46. The van der Waals surface area contributed by atoms with Gasteiger partial charge in [0.15, 0.2) is 0 Å². The molecule has 0 aliphatic heterocycles. The van der Waals surface area contributed by atoms with E-state index in [2.05, 4.69) is 19.8 Å². The second-order valence-corrected chi connectivity index (χ2v) is 5.60. The molecule has 0 bridgehead atoms. The van der Waals surface area contributed by atoms with Crippen molar-refractivity contribution in [1.82, 2.24) is 0 Å². The van der Waals surface area contributed by atoms with Crippen LogP contribution in [0.1, 0.15) is 46.0 Å². The van der Waals surface area contributed by atoms with E-state index in [1.54, 1.807) is 6.92 Å². The molecule has 1 aliphatic carbocycles. The third-order valence-electron chi connectivity index (χ3n) is 3.43. The lowest BCUT2D eigenvalue weighted by atomic mass is 9.82. The molecule has 0 aromatic carbocycles. The Morgan fingerprint density at radius 1 is 1.56 bits per heavy atom. The fourth-order valence-corrected chi connectivity index (χ4v) is 3.54. The highest BCUT2D eigenvalue weighted by Crippen LogP contribution is 2.41. The minimum Gasteiger partial charge on any atom is -0.455 e. The average molecular weight is 242 g/mol. The Morgan fingerprint density at radius 2 is 2.25 bits per heavy atom. The Labute approximate surface area is 103 Å². The SMILES string of the molecule is C=C(C)C(=O)OC1(CC)CCCCC1SC. The molecule has 1 fully saturated rings. The smallest absolute Gasteiger partial charge is 0.333 e. The third-order valence-corrected chi connectivity index (χ3v) is 4.66. The van der Waals surface area contributed by atoms with Gasteiger partial charge in [-0.05, 0) is 38.9 Å². The quantitative estimate of drug-likeness (QED) is 0.557. The van der Waals surface area contributed by atoms with Gasteiger partial charge in [0.25, 0.3) is 0 Å². The summed E-state index contributed by atoms with van der Waals surface area (Å²) in [5.74, 6) is -0.234. The summed E-state index contributed by atoms with van der Waals surface area (Å²) in [5.41, 5.74) is 0.242. The van der Waals surface area contributed by atoms with Crippen LogP contribution in [-0.2, 0) is 9.53 Å². The number of thioether (sulfide) groups is 1. The fraction of sp³-hybridized carbons (Fsp3) is 0.769. The summed E-state index contributed by atoms with van der Waals surface area (Å²) < 4.78 is 5.73. The zero-order chi connectivity index (χ0) is 12.2. The maximum Gasteiger partial charge on any atom is 0.333 e. The zero-order valence-corrected chi connectivity index (χ0v) is 11.4. The van der Waals surface area contributed by atoms with Crippen LogP contribution < -0.4 is 0 Å². The number of carbonyl (C=O) groups excluding carboxylic acids is 1. The van der Waals surface area contributed by atoms with Crippen molar-refractivity contribution in [3.05, 3.63) is 12.2 Å². The van der Waals surface area contributed by atoms with E-state index in [0.717, 1.165) is 25.7 Å². The number of carbonyl (C=O) groups is 1. The average Bonchev–Trinajstić information content (AvgIpc) is 2.29. The van der Waals surface area contributed by atoms with E-state index in [-0.39, 0.29) is 11.6 Å².